The predicted octanol–water partition coefficient (Wildman–Crippen LogP) is 1.73. The zero-order valence-corrected chi connectivity index (χ0v) is 12.8. The fraction of sp³-hybridized carbons (Fsp3) is 0.571. The number of likely N-dealkylation sites (N-methyl/N-ethyl adjacent to an activating group) is 1. The molecule has 1 amide bonds. The zero-order chi connectivity index (χ0) is 15.3. The van der Waals surface area contributed by atoms with Crippen LogP contribution >= 0.6 is 0 Å². The van der Waals surface area contributed by atoms with E-state index in [2.05, 4.69) is 10.3 Å². The van der Waals surface area contributed by atoms with Crippen LogP contribution in [0.15, 0.2) is 12.1 Å². The molecule has 6 nitrogen and oxygen atoms in total. The van der Waals surface area contributed by atoms with Gasteiger partial charge in [0.15, 0.2) is 0 Å². The van der Waals surface area contributed by atoms with Crippen LogP contribution in [0.5, 0.6) is 5.88 Å². The summed E-state index contributed by atoms with van der Waals surface area (Å²) in [6.45, 7) is 8.21. The Bertz CT molecular complexity index is 462. The lowest BCUT2D eigenvalue weighted by Crippen LogP contribution is -2.39. The van der Waals surface area contributed by atoms with E-state index in [-0.39, 0.29) is 18.1 Å². The zero-order valence-electron chi connectivity index (χ0n) is 12.8. The number of hydrogen-bond donors (Lipinski definition) is 2. The SMILES string of the molecule is CCN(C)C(=O)C(C)Nc1ccc(N)c(OC(C)C)n1. The largest absolute Gasteiger partial charge is 0.473 e. The molecule has 0 aromatic carbocycles. The second-order valence-electron chi connectivity index (χ2n) is 4.98. The number of rotatable bonds is 6. The van der Waals surface area contributed by atoms with Crippen molar-refractivity contribution in [2.24, 2.45) is 0 Å². The molecule has 20 heavy (non-hydrogen) atoms. The van der Waals surface area contributed by atoms with E-state index in [4.69, 9.17) is 10.5 Å². The lowest BCUT2D eigenvalue weighted by Gasteiger charge is -2.21. The summed E-state index contributed by atoms with van der Waals surface area (Å²) in [7, 11) is 1.77. The molecule has 1 aromatic rings. The van der Waals surface area contributed by atoms with Gasteiger partial charge in [-0.2, -0.15) is 4.98 Å². The van der Waals surface area contributed by atoms with Crippen LogP contribution in [0.3, 0.4) is 0 Å². The average molecular weight is 280 g/mol. The fourth-order valence-corrected chi connectivity index (χ4v) is 1.62. The number of carbonyl (C=O) groups is 1. The molecule has 1 unspecified atom stereocenters. The van der Waals surface area contributed by atoms with Gasteiger partial charge in [0, 0.05) is 13.6 Å². The third kappa shape index (κ3) is 4.29. The first-order valence-corrected chi connectivity index (χ1v) is 6.79. The van der Waals surface area contributed by atoms with E-state index in [0.717, 1.165) is 0 Å². The van der Waals surface area contributed by atoms with E-state index in [1.165, 1.54) is 0 Å². The molecule has 6 heteroatoms. The number of ether oxygens (including phenoxy) is 1. The molecule has 0 aliphatic heterocycles. The highest BCUT2D eigenvalue weighted by molar-refractivity contribution is 5.83. The Morgan fingerprint density at radius 2 is 2.10 bits per heavy atom. The first-order valence-electron chi connectivity index (χ1n) is 6.79. The van der Waals surface area contributed by atoms with Crippen LogP contribution in [-0.4, -0.2) is 41.5 Å². The van der Waals surface area contributed by atoms with Gasteiger partial charge in [-0.3, -0.25) is 4.79 Å². The monoisotopic (exact) mass is 280 g/mol. The van der Waals surface area contributed by atoms with Crippen LogP contribution in [0.2, 0.25) is 0 Å². The number of anilines is 2. The second-order valence-corrected chi connectivity index (χ2v) is 4.98. The van der Waals surface area contributed by atoms with Gasteiger partial charge in [-0.1, -0.05) is 0 Å². The van der Waals surface area contributed by atoms with E-state index >= 15 is 0 Å². The fourth-order valence-electron chi connectivity index (χ4n) is 1.62. The van der Waals surface area contributed by atoms with Gasteiger partial charge in [0.25, 0.3) is 0 Å². The van der Waals surface area contributed by atoms with Gasteiger partial charge < -0.3 is 20.7 Å². The van der Waals surface area contributed by atoms with Crippen molar-refractivity contribution in [3.63, 3.8) is 0 Å². The highest BCUT2D eigenvalue weighted by Gasteiger charge is 2.17. The highest BCUT2D eigenvalue weighted by atomic mass is 16.5. The number of nitrogens with one attached hydrogen (secondary N) is 1. The minimum absolute atomic E-state index is 0.00895. The number of pyridine rings is 1. The molecule has 0 bridgehead atoms. The normalized spacial score (nSPS) is 12.1. The smallest absolute Gasteiger partial charge is 0.244 e. The van der Waals surface area contributed by atoms with Crippen molar-refractivity contribution in [1.29, 1.82) is 0 Å². The van der Waals surface area contributed by atoms with Gasteiger partial charge in [0.2, 0.25) is 11.8 Å². The minimum atomic E-state index is -0.358. The van der Waals surface area contributed by atoms with Crippen molar-refractivity contribution in [3.8, 4) is 5.88 Å². The number of carbonyl (C=O) groups excluding carboxylic acids is 1. The molecule has 1 rings (SSSR count). The van der Waals surface area contributed by atoms with E-state index in [1.54, 1.807) is 31.0 Å². The third-order valence-corrected chi connectivity index (χ3v) is 2.82. The molecule has 0 spiro atoms. The van der Waals surface area contributed by atoms with Crippen LogP contribution in [0, 0.1) is 0 Å². The molecule has 0 saturated heterocycles. The maximum absolute atomic E-state index is 12.0. The Morgan fingerprint density at radius 3 is 2.65 bits per heavy atom. The molecule has 1 heterocycles. The first kappa shape index (κ1) is 16.1. The van der Waals surface area contributed by atoms with Crippen LogP contribution < -0.4 is 15.8 Å². The van der Waals surface area contributed by atoms with Crippen molar-refractivity contribution < 1.29 is 9.53 Å². The second kappa shape index (κ2) is 6.98. The molecule has 0 aliphatic rings. The Kier molecular flexibility index (Phi) is 5.61. The Hall–Kier alpha value is -1.98. The van der Waals surface area contributed by atoms with Crippen LogP contribution in [0.4, 0.5) is 11.5 Å². The standard InChI is InChI=1S/C14H24N4O2/c1-6-18(5)14(19)10(4)16-12-8-7-11(15)13(17-12)20-9(2)3/h7-10H,6,15H2,1-5H3,(H,16,17). The van der Waals surface area contributed by atoms with Crippen LogP contribution in [-0.2, 0) is 4.79 Å². The average Bonchev–Trinajstić information content (AvgIpc) is 2.40. The molecule has 1 atom stereocenters. The molecular formula is C14H24N4O2. The third-order valence-electron chi connectivity index (χ3n) is 2.82. The van der Waals surface area contributed by atoms with Gasteiger partial charge in [0.1, 0.15) is 11.9 Å². The summed E-state index contributed by atoms with van der Waals surface area (Å²) in [6, 6.07) is 3.09. The Morgan fingerprint density at radius 1 is 1.45 bits per heavy atom. The van der Waals surface area contributed by atoms with Crippen molar-refractivity contribution >= 4 is 17.4 Å². The van der Waals surface area contributed by atoms with Crippen molar-refractivity contribution in [3.05, 3.63) is 12.1 Å². The minimum Gasteiger partial charge on any atom is -0.473 e. The molecular weight excluding hydrogens is 256 g/mol. The van der Waals surface area contributed by atoms with E-state index in [9.17, 15) is 4.79 Å². The molecule has 0 fully saturated rings. The van der Waals surface area contributed by atoms with Crippen LogP contribution in [0.1, 0.15) is 27.7 Å². The van der Waals surface area contributed by atoms with E-state index in [0.29, 0.717) is 23.9 Å². The predicted molar refractivity (Wildman–Crippen MR) is 80.8 cm³/mol. The lowest BCUT2D eigenvalue weighted by atomic mass is 10.3. The number of aromatic nitrogens is 1. The maximum atomic E-state index is 12.0. The summed E-state index contributed by atoms with van der Waals surface area (Å²) in [6.07, 6.45) is -0.00895. The van der Waals surface area contributed by atoms with Gasteiger partial charge in [-0.05, 0) is 39.8 Å². The van der Waals surface area contributed by atoms with Gasteiger partial charge in [0.05, 0.1) is 11.8 Å². The molecule has 112 valence electrons. The number of hydrogen-bond acceptors (Lipinski definition) is 5. The number of nitrogens with two attached hydrogens (primary N) is 1. The van der Waals surface area contributed by atoms with Crippen molar-refractivity contribution in [2.45, 2.75) is 39.8 Å². The molecule has 0 saturated carbocycles. The number of nitrogens with zero attached hydrogens (tertiary/aromatic N) is 2. The van der Waals surface area contributed by atoms with Gasteiger partial charge in [-0.15, -0.1) is 0 Å². The van der Waals surface area contributed by atoms with Crippen LogP contribution in [0.25, 0.3) is 0 Å². The Balaban J connectivity index is 2.80. The maximum Gasteiger partial charge on any atom is 0.244 e. The van der Waals surface area contributed by atoms with E-state index in [1.807, 2.05) is 20.8 Å². The Labute approximate surface area is 120 Å². The summed E-state index contributed by atoms with van der Waals surface area (Å²) >= 11 is 0. The number of nitrogen functional groups attached to an aromatic ring is 1. The molecule has 0 aliphatic carbocycles. The van der Waals surface area contributed by atoms with Gasteiger partial charge >= 0.3 is 0 Å². The quantitative estimate of drug-likeness (QED) is 0.829. The lowest BCUT2D eigenvalue weighted by molar-refractivity contribution is -0.130. The first-order chi connectivity index (χ1) is 9.35. The summed E-state index contributed by atoms with van der Waals surface area (Å²) in [4.78, 5) is 17.9. The van der Waals surface area contributed by atoms with Crippen molar-refractivity contribution in [2.75, 3.05) is 24.6 Å². The molecule has 3 N–H and O–H groups in total. The summed E-state index contributed by atoms with van der Waals surface area (Å²) in [5.41, 5.74) is 6.29. The molecule has 0 radical (unpaired) electrons. The summed E-state index contributed by atoms with van der Waals surface area (Å²) in [5.74, 6) is 0.964. The summed E-state index contributed by atoms with van der Waals surface area (Å²) < 4.78 is 5.52. The van der Waals surface area contributed by atoms with E-state index < -0.39 is 0 Å². The molecule has 1 aromatic heterocycles. The van der Waals surface area contributed by atoms with Gasteiger partial charge in [-0.25, -0.2) is 0 Å². The highest BCUT2D eigenvalue weighted by Crippen LogP contribution is 2.22. The summed E-state index contributed by atoms with van der Waals surface area (Å²) in [5, 5.41) is 3.06. The van der Waals surface area contributed by atoms with Crippen molar-refractivity contribution in [1.82, 2.24) is 9.88 Å². The topological polar surface area (TPSA) is 80.5 Å². The number of amides is 1.